The minimum atomic E-state index is -0.247. The van der Waals surface area contributed by atoms with E-state index in [1.165, 1.54) is 24.1 Å². The molecule has 112 valence electrons. The Hall–Kier alpha value is -1.89. The van der Waals surface area contributed by atoms with Crippen molar-refractivity contribution < 1.29 is 9.50 Å². The Labute approximate surface area is 136 Å². The number of rotatable bonds is 5. The molecule has 0 unspecified atom stereocenters. The van der Waals surface area contributed by atoms with Crippen LogP contribution in [0.1, 0.15) is 5.56 Å². The summed E-state index contributed by atoms with van der Waals surface area (Å²) in [5, 5.41) is 9.87. The van der Waals surface area contributed by atoms with Gasteiger partial charge in [-0.3, -0.25) is 0 Å². The van der Waals surface area contributed by atoms with Crippen molar-refractivity contribution in [3.05, 3.63) is 66.1 Å². The molecule has 0 saturated carbocycles. The number of halogens is 1. The summed E-state index contributed by atoms with van der Waals surface area (Å²) in [7, 11) is 0. The lowest BCUT2D eigenvalue weighted by Crippen LogP contribution is -1.87. The van der Waals surface area contributed by atoms with Crippen molar-refractivity contribution in [1.29, 1.82) is 0 Å². The fourth-order valence-corrected chi connectivity index (χ4v) is 3.46. The fraction of sp³-hybridized carbons (Fsp3) is 0.0625. The number of benzene rings is 2. The number of nitrogens with one attached hydrogen (secondary N) is 1. The molecular weight excluding hydrogens is 319 g/mol. The number of hydrogen-bond donors (Lipinski definition) is 2. The molecule has 0 bridgehead atoms. The van der Waals surface area contributed by atoms with Gasteiger partial charge >= 0.3 is 0 Å². The van der Waals surface area contributed by atoms with Gasteiger partial charge in [-0.2, -0.15) is 0 Å². The van der Waals surface area contributed by atoms with Crippen LogP contribution in [0, 0.1) is 5.82 Å². The number of aromatic nitrogens is 1. The van der Waals surface area contributed by atoms with Gasteiger partial charge in [0.25, 0.3) is 0 Å². The molecule has 3 nitrogen and oxygen atoms in total. The van der Waals surface area contributed by atoms with Gasteiger partial charge in [0.05, 0.1) is 12.8 Å². The quantitative estimate of drug-likeness (QED) is 0.672. The minimum absolute atomic E-state index is 0.0449. The van der Waals surface area contributed by atoms with E-state index < -0.39 is 0 Å². The lowest BCUT2D eigenvalue weighted by molar-refractivity contribution is 0.282. The highest BCUT2D eigenvalue weighted by molar-refractivity contribution is 8.02. The van der Waals surface area contributed by atoms with Crippen molar-refractivity contribution in [2.45, 2.75) is 10.8 Å². The second kappa shape index (κ2) is 6.91. The molecule has 1 heterocycles. The van der Waals surface area contributed by atoms with Crippen molar-refractivity contribution in [3.63, 3.8) is 0 Å². The highest BCUT2D eigenvalue weighted by Crippen LogP contribution is 2.32. The van der Waals surface area contributed by atoms with Crippen LogP contribution in [-0.2, 0) is 6.61 Å². The highest BCUT2D eigenvalue weighted by Gasteiger charge is 2.06. The van der Waals surface area contributed by atoms with Crippen molar-refractivity contribution in [1.82, 2.24) is 4.98 Å². The molecule has 22 heavy (non-hydrogen) atoms. The van der Waals surface area contributed by atoms with Crippen molar-refractivity contribution >= 4 is 29.0 Å². The molecule has 0 amide bonds. The van der Waals surface area contributed by atoms with E-state index in [0.717, 1.165) is 26.0 Å². The number of nitrogens with zero attached hydrogens (tertiary/aromatic N) is 1. The zero-order valence-electron chi connectivity index (χ0n) is 11.5. The second-order valence-electron chi connectivity index (χ2n) is 4.55. The van der Waals surface area contributed by atoms with E-state index in [4.69, 9.17) is 5.11 Å². The lowest BCUT2D eigenvalue weighted by Gasteiger charge is -2.03. The summed E-state index contributed by atoms with van der Waals surface area (Å²) in [6.07, 6.45) is 1.79. The largest absolute Gasteiger partial charge is 0.392 e. The fourth-order valence-electron chi connectivity index (χ4n) is 1.82. The van der Waals surface area contributed by atoms with Crippen molar-refractivity contribution in [2.75, 3.05) is 4.72 Å². The third kappa shape index (κ3) is 3.65. The Morgan fingerprint density at radius 1 is 1.09 bits per heavy atom. The number of aliphatic hydroxyl groups excluding tert-OH is 1. The molecule has 2 aromatic carbocycles. The molecule has 2 N–H and O–H groups in total. The minimum Gasteiger partial charge on any atom is -0.392 e. The maximum Gasteiger partial charge on any atom is 0.124 e. The van der Waals surface area contributed by atoms with Gasteiger partial charge in [-0.1, -0.05) is 12.1 Å². The second-order valence-corrected chi connectivity index (χ2v) is 6.69. The maximum atomic E-state index is 12.9. The zero-order valence-corrected chi connectivity index (χ0v) is 13.1. The van der Waals surface area contributed by atoms with Crippen LogP contribution in [-0.4, -0.2) is 10.1 Å². The summed E-state index contributed by atoms with van der Waals surface area (Å²) in [6.45, 7) is 0.0449. The van der Waals surface area contributed by atoms with Crippen LogP contribution in [0.5, 0.6) is 0 Å². The van der Waals surface area contributed by atoms with Crippen LogP contribution < -0.4 is 4.72 Å². The van der Waals surface area contributed by atoms with Gasteiger partial charge in [-0.15, -0.1) is 11.3 Å². The van der Waals surface area contributed by atoms with E-state index in [0.29, 0.717) is 0 Å². The molecular formula is C16H13FN2OS2. The Morgan fingerprint density at radius 2 is 1.82 bits per heavy atom. The summed E-state index contributed by atoms with van der Waals surface area (Å²) in [5.74, 6) is -0.247. The number of thiazole rings is 1. The average molecular weight is 332 g/mol. The molecule has 0 radical (unpaired) electrons. The van der Waals surface area contributed by atoms with Crippen LogP contribution in [0.3, 0.4) is 0 Å². The van der Waals surface area contributed by atoms with E-state index in [-0.39, 0.29) is 12.4 Å². The first-order valence-electron chi connectivity index (χ1n) is 6.59. The predicted molar refractivity (Wildman–Crippen MR) is 89.4 cm³/mol. The summed E-state index contributed by atoms with van der Waals surface area (Å²) < 4.78 is 17.2. The molecule has 0 aliphatic heterocycles. The van der Waals surface area contributed by atoms with E-state index in [9.17, 15) is 4.39 Å². The summed E-state index contributed by atoms with van der Waals surface area (Å²) in [5.41, 5.74) is 2.75. The molecule has 3 rings (SSSR count). The summed E-state index contributed by atoms with van der Waals surface area (Å²) in [4.78, 5) is 4.36. The molecule has 0 atom stereocenters. The van der Waals surface area contributed by atoms with Gasteiger partial charge in [-0.05, 0) is 53.9 Å². The molecule has 0 fully saturated rings. The Morgan fingerprint density at radius 3 is 2.50 bits per heavy atom. The predicted octanol–water partition coefficient (Wildman–Crippen LogP) is 4.56. The average Bonchev–Trinajstić information content (AvgIpc) is 3.03. The molecule has 0 aliphatic carbocycles. The van der Waals surface area contributed by atoms with E-state index in [1.807, 2.05) is 24.3 Å². The van der Waals surface area contributed by atoms with Gasteiger partial charge in [0.2, 0.25) is 0 Å². The van der Waals surface area contributed by atoms with Crippen LogP contribution >= 0.6 is 23.3 Å². The first kappa shape index (κ1) is 15.0. The third-order valence-corrected chi connectivity index (χ3v) is 4.97. The van der Waals surface area contributed by atoms with Gasteiger partial charge in [-0.25, -0.2) is 9.37 Å². The van der Waals surface area contributed by atoms with E-state index >= 15 is 0 Å². The molecule has 3 aromatic rings. The van der Waals surface area contributed by atoms with Crippen molar-refractivity contribution in [2.24, 2.45) is 0 Å². The molecule has 0 saturated heterocycles. The van der Waals surface area contributed by atoms with Gasteiger partial charge in [0.15, 0.2) is 0 Å². The highest BCUT2D eigenvalue weighted by atomic mass is 32.2. The van der Waals surface area contributed by atoms with Crippen LogP contribution in [0.4, 0.5) is 10.1 Å². The topological polar surface area (TPSA) is 45.1 Å². The standard InChI is InChI=1S/C16H13FN2OS2/c17-13-5-3-12(4-6-13)16-18-9-15(21-16)22-19-14-7-1-11(10-20)2-8-14/h1-9,19-20H,10H2. The Bertz CT molecular complexity index is 742. The smallest absolute Gasteiger partial charge is 0.124 e. The van der Waals surface area contributed by atoms with Crippen LogP contribution in [0.25, 0.3) is 10.6 Å². The summed E-state index contributed by atoms with van der Waals surface area (Å²) in [6, 6.07) is 13.9. The number of aliphatic hydroxyl groups is 1. The lowest BCUT2D eigenvalue weighted by atomic mass is 10.2. The SMILES string of the molecule is OCc1ccc(NSc2cnc(-c3ccc(F)cc3)s2)cc1. The van der Waals surface area contributed by atoms with Crippen LogP contribution in [0.2, 0.25) is 0 Å². The van der Waals surface area contributed by atoms with Gasteiger partial charge in [0, 0.05) is 11.3 Å². The van der Waals surface area contributed by atoms with Gasteiger partial charge in [0.1, 0.15) is 15.0 Å². The van der Waals surface area contributed by atoms with E-state index in [2.05, 4.69) is 9.71 Å². The molecule has 0 aliphatic rings. The first-order chi connectivity index (χ1) is 10.7. The first-order valence-corrected chi connectivity index (χ1v) is 8.22. The Balaban J connectivity index is 1.65. The monoisotopic (exact) mass is 332 g/mol. The molecule has 0 spiro atoms. The molecule has 6 heteroatoms. The van der Waals surface area contributed by atoms with Crippen molar-refractivity contribution in [3.8, 4) is 10.6 Å². The normalized spacial score (nSPS) is 10.6. The molecule has 1 aromatic heterocycles. The van der Waals surface area contributed by atoms with Gasteiger partial charge < -0.3 is 9.83 Å². The zero-order chi connectivity index (χ0) is 15.4. The summed E-state index contributed by atoms with van der Waals surface area (Å²) >= 11 is 3.02. The van der Waals surface area contributed by atoms with E-state index in [1.54, 1.807) is 29.7 Å². The number of anilines is 1. The number of hydrogen-bond acceptors (Lipinski definition) is 5. The van der Waals surface area contributed by atoms with Crippen LogP contribution in [0.15, 0.2) is 58.9 Å². The maximum absolute atomic E-state index is 12.9. The Kier molecular flexibility index (Phi) is 4.72. The third-order valence-electron chi connectivity index (χ3n) is 2.98.